The Labute approximate surface area is 228 Å². The molecule has 0 spiro atoms. The number of nitrogens with zero attached hydrogens (tertiary/aromatic N) is 5. The summed E-state index contributed by atoms with van der Waals surface area (Å²) in [7, 11) is 0. The van der Waals surface area contributed by atoms with E-state index in [2.05, 4.69) is 37.6 Å². The Bertz CT molecular complexity index is 1510. The lowest BCUT2D eigenvalue weighted by atomic mass is 10.1. The molecule has 5 aromatic rings. The maximum atomic E-state index is 14.8. The van der Waals surface area contributed by atoms with E-state index < -0.39 is 0 Å². The zero-order chi connectivity index (χ0) is 26.3. The molecule has 0 aliphatic rings. The molecule has 1 N–H and O–H groups in total. The van der Waals surface area contributed by atoms with Crippen LogP contribution in [0, 0.1) is 5.82 Å². The molecule has 0 bridgehead atoms. The molecule has 1 amide bonds. The van der Waals surface area contributed by atoms with Gasteiger partial charge in [-0.1, -0.05) is 54.2 Å². The molecule has 7 nitrogen and oxygen atoms in total. The number of rotatable bonds is 10. The average Bonchev–Trinajstić information content (AvgIpc) is 3.60. The van der Waals surface area contributed by atoms with Gasteiger partial charge < -0.3 is 5.32 Å². The van der Waals surface area contributed by atoms with E-state index in [1.165, 1.54) is 34.7 Å². The van der Waals surface area contributed by atoms with Crippen molar-refractivity contribution in [1.82, 2.24) is 30.0 Å². The molecule has 0 saturated carbocycles. The highest BCUT2D eigenvalue weighted by molar-refractivity contribution is 7.98. The van der Waals surface area contributed by atoms with E-state index in [9.17, 15) is 9.18 Å². The molecule has 0 aliphatic carbocycles. The molecule has 1 unspecified atom stereocenters. The van der Waals surface area contributed by atoms with Gasteiger partial charge in [-0.15, -0.1) is 21.5 Å². The van der Waals surface area contributed by atoms with E-state index >= 15 is 0 Å². The van der Waals surface area contributed by atoms with E-state index in [1.54, 1.807) is 46.6 Å². The maximum Gasteiger partial charge on any atom is 0.270 e. The van der Waals surface area contributed by atoms with E-state index in [4.69, 9.17) is 0 Å². The zero-order valence-electron chi connectivity index (χ0n) is 20.6. The number of pyridine rings is 1. The number of aromatic nitrogens is 5. The minimum absolute atomic E-state index is 0.0208. The SMILES string of the molecule is CC(CCc1ccccc1)NC(=O)c1csc(CSc2nnc(-c3cccnc3)n2-c2ccccc2F)n1. The van der Waals surface area contributed by atoms with Crippen LogP contribution in [0.2, 0.25) is 0 Å². The average molecular weight is 545 g/mol. The quantitative estimate of drug-likeness (QED) is 0.218. The topological polar surface area (TPSA) is 85.6 Å². The van der Waals surface area contributed by atoms with E-state index in [-0.39, 0.29) is 17.8 Å². The van der Waals surface area contributed by atoms with Crippen LogP contribution < -0.4 is 5.32 Å². The Morgan fingerprint density at radius 2 is 1.89 bits per heavy atom. The lowest BCUT2D eigenvalue weighted by molar-refractivity contribution is 0.0934. The second-order valence-corrected chi connectivity index (χ2v) is 10.5. The van der Waals surface area contributed by atoms with Crippen LogP contribution in [-0.2, 0) is 12.2 Å². The lowest BCUT2D eigenvalue weighted by Crippen LogP contribution is -2.33. The summed E-state index contributed by atoms with van der Waals surface area (Å²) >= 11 is 2.79. The molecule has 2 aromatic carbocycles. The number of thioether (sulfide) groups is 1. The Hall–Kier alpha value is -3.89. The van der Waals surface area contributed by atoms with Crippen molar-refractivity contribution < 1.29 is 9.18 Å². The third kappa shape index (κ3) is 6.15. The number of carbonyl (C=O) groups is 1. The summed E-state index contributed by atoms with van der Waals surface area (Å²) in [4.78, 5) is 21.4. The number of benzene rings is 2. The Kier molecular flexibility index (Phi) is 8.20. The van der Waals surface area contributed by atoms with Crippen molar-refractivity contribution in [3.05, 3.63) is 107 Å². The van der Waals surface area contributed by atoms with Crippen molar-refractivity contribution in [3.63, 3.8) is 0 Å². The predicted octanol–water partition coefficient (Wildman–Crippen LogP) is 5.97. The van der Waals surface area contributed by atoms with Crippen LogP contribution in [0.3, 0.4) is 0 Å². The van der Waals surface area contributed by atoms with Gasteiger partial charge in [0.2, 0.25) is 0 Å². The Morgan fingerprint density at radius 3 is 2.68 bits per heavy atom. The van der Waals surface area contributed by atoms with E-state index in [1.807, 2.05) is 31.2 Å². The first-order valence-corrected chi connectivity index (χ1v) is 14.0. The van der Waals surface area contributed by atoms with Crippen molar-refractivity contribution >= 4 is 29.0 Å². The van der Waals surface area contributed by atoms with Gasteiger partial charge in [0.15, 0.2) is 11.0 Å². The second-order valence-electron chi connectivity index (χ2n) is 8.65. The van der Waals surface area contributed by atoms with Crippen LogP contribution in [0.4, 0.5) is 4.39 Å². The van der Waals surface area contributed by atoms with Crippen LogP contribution in [-0.4, -0.2) is 36.7 Å². The summed E-state index contributed by atoms with van der Waals surface area (Å²) in [6.45, 7) is 2.00. The summed E-state index contributed by atoms with van der Waals surface area (Å²) in [5.41, 5.74) is 2.72. The fraction of sp³-hybridized carbons (Fsp3) is 0.179. The van der Waals surface area contributed by atoms with Gasteiger partial charge in [0, 0.05) is 29.4 Å². The summed E-state index contributed by atoms with van der Waals surface area (Å²) < 4.78 is 16.5. The number of nitrogens with one attached hydrogen (secondary N) is 1. The largest absolute Gasteiger partial charge is 0.348 e. The monoisotopic (exact) mass is 544 g/mol. The molecule has 38 heavy (non-hydrogen) atoms. The number of hydrogen-bond donors (Lipinski definition) is 1. The molecule has 0 fully saturated rings. The molecule has 0 radical (unpaired) electrons. The zero-order valence-corrected chi connectivity index (χ0v) is 22.3. The third-order valence-corrected chi connectivity index (χ3v) is 7.81. The number of para-hydroxylation sites is 1. The summed E-state index contributed by atoms with van der Waals surface area (Å²) in [6.07, 6.45) is 5.07. The maximum absolute atomic E-state index is 14.8. The molecule has 3 heterocycles. The minimum Gasteiger partial charge on any atom is -0.348 e. The molecule has 3 aromatic heterocycles. The molecule has 10 heteroatoms. The summed E-state index contributed by atoms with van der Waals surface area (Å²) in [5.74, 6) is 0.385. The van der Waals surface area contributed by atoms with Gasteiger partial charge in [-0.05, 0) is 49.6 Å². The standard InChI is InChI=1S/C28H25FN6OS2/c1-19(13-14-20-8-3-2-4-9-20)31-27(36)23-17-37-25(32-23)18-38-28-34-33-26(21-10-7-15-30-16-21)35(28)24-12-6-5-11-22(24)29/h2-12,15-17,19H,13-14,18H2,1H3,(H,31,36). The Balaban J connectivity index is 1.26. The molecule has 0 saturated heterocycles. The number of halogens is 1. The van der Waals surface area contributed by atoms with Crippen LogP contribution in [0.1, 0.15) is 34.4 Å². The molecule has 0 aliphatic heterocycles. The van der Waals surface area contributed by atoms with Crippen LogP contribution in [0.5, 0.6) is 0 Å². The summed E-state index contributed by atoms with van der Waals surface area (Å²) in [6, 6.07) is 20.4. The van der Waals surface area contributed by atoms with E-state index in [0.29, 0.717) is 28.1 Å². The molecule has 5 rings (SSSR count). The predicted molar refractivity (Wildman–Crippen MR) is 148 cm³/mol. The third-order valence-electron chi connectivity index (χ3n) is 5.84. The van der Waals surface area contributed by atoms with Crippen molar-refractivity contribution in [2.45, 2.75) is 36.7 Å². The highest BCUT2D eigenvalue weighted by Gasteiger charge is 2.20. The van der Waals surface area contributed by atoms with Crippen molar-refractivity contribution in [1.29, 1.82) is 0 Å². The van der Waals surface area contributed by atoms with Gasteiger partial charge in [-0.25, -0.2) is 9.37 Å². The molecule has 1 atom stereocenters. The lowest BCUT2D eigenvalue weighted by Gasteiger charge is -2.13. The van der Waals surface area contributed by atoms with Crippen LogP contribution in [0.15, 0.2) is 89.7 Å². The van der Waals surface area contributed by atoms with Gasteiger partial charge in [0.05, 0.1) is 11.4 Å². The van der Waals surface area contributed by atoms with Crippen molar-refractivity contribution in [3.8, 4) is 17.1 Å². The van der Waals surface area contributed by atoms with Gasteiger partial charge in [-0.3, -0.25) is 14.3 Å². The van der Waals surface area contributed by atoms with Gasteiger partial charge in [0.25, 0.3) is 5.91 Å². The summed E-state index contributed by atoms with van der Waals surface area (Å²) in [5, 5.41) is 14.7. The van der Waals surface area contributed by atoms with Crippen LogP contribution in [0.25, 0.3) is 17.1 Å². The second kappa shape index (κ2) is 12.1. The van der Waals surface area contributed by atoms with Crippen LogP contribution >= 0.6 is 23.1 Å². The molecular formula is C28H25FN6OS2. The highest BCUT2D eigenvalue weighted by atomic mass is 32.2. The molecule has 192 valence electrons. The number of hydrogen-bond acceptors (Lipinski definition) is 7. The smallest absolute Gasteiger partial charge is 0.270 e. The first-order valence-electron chi connectivity index (χ1n) is 12.1. The van der Waals surface area contributed by atoms with Gasteiger partial charge in [-0.2, -0.15) is 0 Å². The fourth-order valence-corrected chi connectivity index (χ4v) is 5.64. The number of amides is 1. The van der Waals surface area contributed by atoms with E-state index in [0.717, 1.165) is 23.4 Å². The molecular weight excluding hydrogens is 519 g/mol. The minimum atomic E-state index is -0.381. The first-order chi connectivity index (χ1) is 18.6. The Morgan fingerprint density at radius 1 is 1.08 bits per heavy atom. The highest BCUT2D eigenvalue weighted by Crippen LogP contribution is 2.31. The van der Waals surface area contributed by atoms with Crippen molar-refractivity contribution in [2.75, 3.05) is 0 Å². The van der Waals surface area contributed by atoms with Gasteiger partial charge in [0.1, 0.15) is 16.5 Å². The number of carbonyl (C=O) groups excluding carboxylic acids is 1. The van der Waals surface area contributed by atoms with Crippen molar-refractivity contribution in [2.24, 2.45) is 0 Å². The normalized spacial score (nSPS) is 11.8. The van der Waals surface area contributed by atoms with Gasteiger partial charge >= 0.3 is 0 Å². The fourth-order valence-electron chi connectivity index (χ4n) is 3.90. The number of thiazole rings is 1. The first kappa shape index (κ1) is 25.7. The number of aryl methyl sites for hydroxylation is 1.